The fourth-order valence-corrected chi connectivity index (χ4v) is 1.34. The van der Waals surface area contributed by atoms with Gasteiger partial charge in [0.05, 0.1) is 5.56 Å². The third-order valence-corrected chi connectivity index (χ3v) is 2.26. The number of rotatable bonds is 1. The Morgan fingerprint density at radius 2 is 1.92 bits per heavy atom. The summed E-state index contributed by atoms with van der Waals surface area (Å²) >= 11 is 1.68. The van der Waals surface area contributed by atoms with Crippen LogP contribution in [0.5, 0.6) is 0 Å². The maximum atomic E-state index is 13.0. The molecular weight excluding hydrogens is 280 g/mol. The Kier molecular flexibility index (Phi) is 2.65. The molecule has 0 unspecified atom stereocenters. The molecule has 0 aromatic heterocycles. The number of alkyl halides is 2. The van der Waals surface area contributed by atoms with E-state index in [4.69, 9.17) is 0 Å². The summed E-state index contributed by atoms with van der Waals surface area (Å²) in [4.78, 5) is 0. The number of hydrogen-bond acceptors (Lipinski definition) is 0. The zero-order chi connectivity index (χ0) is 9.35. The maximum absolute atomic E-state index is 13.0. The second-order valence-electron chi connectivity index (χ2n) is 2.49. The Hall–Kier alpha value is -0.260. The van der Waals surface area contributed by atoms with Crippen LogP contribution in [0.2, 0.25) is 0 Å². The Morgan fingerprint density at radius 1 is 1.33 bits per heavy atom. The van der Waals surface area contributed by atoms with E-state index in [0.717, 1.165) is 6.07 Å². The lowest BCUT2D eigenvalue weighted by atomic mass is 10.1. The van der Waals surface area contributed by atoms with Gasteiger partial charge in [-0.05, 0) is 28.7 Å². The standard InChI is InChI=1S/C8H6F3I/c1-8(10,11)5-3-2-4-6(12)7(5)9/h2-4H,1H3. The van der Waals surface area contributed by atoms with E-state index in [1.54, 1.807) is 22.6 Å². The molecule has 12 heavy (non-hydrogen) atoms. The summed E-state index contributed by atoms with van der Waals surface area (Å²) in [6.07, 6.45) is 0. The summed E-state index contributed by atoms with van der Waals surface area (Å²) in [6, 6.07) is 3.96. The second kappa shape index (κ2) is 3.24. The first-order valence-corrected chi connectivity index (χ1v) is 4.33. The van der Waals surface area contributed by atoms with Crippen molar-refractivity contribution in [2.75, 3.05) is 0 Å². The molecule has 66 valence electrons. The molecule has 0 heterocycles. The summed E-state index contributed by atoms with van der Waals surface area (Å²) < 4.78 is 38.5. The third kappa shape index (κ3) is 1.91. The highest BCUT2D eigenvalue weighted by atomic mass is 127. The zero-order valence-corrected chi connectivity index (χ0v) is 8.40. The predicted molar refractivity (Wildman–Crippen MR) is 48.7 cm³/mol. The summed E-state index contributed by atoms with van der Waals surface area (Å²) in [5, 5.41) is 0. The van der Waals surface area contributed by atoms with Crippen LogP contribution in [0.1, 0.15) is 12.5 Å². The molecule has 1 rings (SSSR count). The molecule has 0 saturated heterocycles. The molecule has 0 atom stereocenters. The second-order valence-corrected chi connectivity index (χ2v) is 3.65. The van der Waals surface area contributed by atoms with Crippen LogP contribution in [-0.2, 0) is 5.92 Å². The predicted octanol–water partition coefficient (Wildman–Crippen LogP) is 3.54. The average Bonchev–Trinajstić information content (AvgIpc) is 1.92. The minimum absolute atomic E-state index is 0.214. The molecule has 1 aromatic rings. The minimum Gasteiger partial charge on any atom is -0.205 e. The molecule has 4 heteroatoms. The molecule has 0 amide bonds. The molecule has 0 fully saturated rings. The molecule has 1 aromatic carbocycles. The Bertz CT molecular complexity index is 291. The van der Waals surface area contributed by atoms with Crippen molar-refractivity contribution in [3.63, 3.8) is 0 Å². The average molecular weight is 286 g/mol. The smallest absolute Gasteiger partial charge is 0.205 e. The Balaban J connectivity index is 3.26. The van der Waals surface area contributed by atoms with Gasteiger partial charge in [0.1, 0.15) is 5.82 Å². The third-order valence-electron chi connectivity index (χ3n) is 1.42. The number of halogens is 4. The van der Waals surface area contributed by atoms with E-state index in [0.29, 0.717) is 6.92 Å². The molecule has 0 bridgehead atoms. The van der Waals surface area contributed by atoms with Gasteiger partial charge in [0.2, 0.25) is 0 Å². The van der Waals surface area contributed by atoms with Crippen LogP contribution in [0.3, 0.4) is 0 Å². The molecular formula is C8H6F3I. The molecule has 0 aliphatic rings. The molecule has 0 radical (unpaired) electrons. The van der Waals surface area contributed by atoms with Crippen LogP contribution in [0, 0.1) is 9.39 Å². The zero-order valence-electron chi connectivity index (χ0n) is 6.24. The van der Waals surface area contributed by atoms with Crippen LogP contribution in [-0.4, -0.2) is 0 Å². The van der Waals surface area contributed by atoms with Gasteiger partial charge < -0.3 is 0 Å². The van der Waals surface area contributed by atoms with Crippen molar-refractivity contribution in [2.45, 2.75) is 12.8 Å². The van der Waals surface area contributed by atoms with Crippen molar-refractivity contribution in [1.82, 2.24) is 0 Å². The lowest BCUT2D eigenvalue weighted by Gasteiger charge is -2.11. The molecule has 0 N–H and O–H groups in total. The monoisotopic (exact) mass is 286 g/mol. The maximum Gasteiger partial charge on any atom is 0.273 e. The van der Waals surface area contributed by atoms with Gasteiger partial charge in [-0.15, -0.1) is 0 Å². The lowest BCUT2D eigenvalue weighted by Crippen LogP contribution is -2.10. The first kappa shape index (κ1) is 9.83. The summed E-state index contributed by atoms with van der Waals surface area (Å²) in [6.45, 7) is 0.682. The number of hydrogen-bond donors (Lipinski definition) is 0. The van der Waals surface area contributed by atoms with Crippen molar-refractivity contribution in [3.8, 4) is 0 Å². The van der Waals surface area contributed by atoms with Crippen LogP contribution >= 0.6 is 22.6 Å². The molecule has 0 saturated carbocycles. The molecule has 0 nitrogen and oxygen atoms in total. The van der Waals surface area contributed by atoms with E-state index in [1.807, 2.05) is 0 Å². The van der Waals surface area contributed by atoms with E-state index in [9.17, 15) is 13.2 Å². The van der Waals surface area contributed by atoms with Gasteiger partial charge in [0.25, 0.3) is 5.92 Å². The van der Waals surface area contributed by atoms with E-state index in [2.05, 4.69) is 0 Å². The van der Waals surface area contributed by atoms with Crippen LogP contribution in [0.25, 0.3) is 0 Å². The van der Waals surface area contributed by atoms with Crippen molar-refractivity contribution < 1.29 is 13.2 Å². The van der Waals surface area contributed by atoms with Gasteiger partial charge in [-0.3, -0.25) is 0 Å². The SMILES string of the molecule is CC(F)(F)c1cccc(I)c1F. The largest absolute Gasteiger partial charge is 0.273 e. The van der Waals surface area contributed by atoms with E-state index in [-0.39, 0.29) is 3.57 Å². The fourth-order valence-electron chi connectivity index (χ4n) is 0.843. The summed E-state index contributed by atoms with van der Waals surface area (Å²) in [5.41, 5.74) is -0.547. The van der Waals surface area contributed by atoms with Crippen molar-refractivity contribution in [3.05, 3.63) is 33.1 Å². The van der Waals surface area contributed by atoms with Crippen LogP contribution < -0.4 is 0 Å². The first-order valence-electron chi connectivity index (χ1n) is 3.25. The van der Waals surface area contributed by atoms with E-state index in [1.165, 1.54) is 12.1 Å². The molecule has 0 aliphatic carbocycles. The van der Waals surface area contributed by atoms with E-state index >= 15 is 0 Å². The van der Waals surface area contributed by atoms with Gasteiger partial charge in [0.15, 0.2) is 0 Å². The van der Waals surface area contributed by atoms with Crippen molar-refractivity contribution >= 4 is 22.6 Å². The Labute approximate surface area is 81.9 Å². The van der Waals surface area contributed by atoms with Crippen molar-refractivity contribution in [2.24, 2.45) is 0 Å². The number of benzene rings is 1. The summed E-state index contributed by atoms with van der Waals surface area (Å²) in [5.74, 6) is -3.93. The van der Waals surface area contributed by atoms with Gasteiger partial charge >= 0.3 is 0 Å². The quantitative estimate of drug-likeness (QED) is 0.693. The highest BCUT2D eigenvalue weighted by molar-refractivity contribution is 14.1. The fraction of sp³-hybridized carbons (Fsp3) is 0.250. The van der Waals surface area contributed by atoms with Gasteiger partial charge in [0, 0.05) is 10.5 Å². The molecule has 0 spiro atoms. The summed E-state index contributed by atoms with van der Waals surface area (Å²) in [7, 11) is 0. The normalized spacial score (nSPS) is 11.8. The topological polar surface area (TPSA) is 0 Å². The van der Waals surface area contributed by atoms with Gasteiger partial charge in [-0.1, -0.05) is 12.1 Å². The Morgan fingerprint density at radius 3 is 2.33 bits per heavy atom. The van der Waals surface area contributed by atoms with Crippen molar-refractivity contribution in [1.29, 1.82) is 0 Å². The highest BCUT2D eigenvalue weighted by Gasteiger charge is 2.28. The van der Waals surface area contributed by atoms with Crippen LogP contribution in [0.15, 0.2) is 18.2 Å². The van der Waals surface area contributed by atoms with Gasteiger partial charge in [-0.2, -0.15) is 0 Å². The highest BCUT2D eigenvalue weighted by Crippen LogP contribution is 2.30. The van der Waals surface area contributed by atoms with Crippen LogP contribution in [0.4, 0.5) is 13.2 Å². The first-order chi connectivity index (χ1) is 5.43. The van der Waals surface area contributed by atoms with E-state index < -0.39 is 17.3 Å². The molecule has 0 aliphatic heterocycles. The lowest BCUT2D eigenvalue weighted by molar-refractivity contribution is 0.0136. The van der Waals surface area contributed by atoms with Gasteiger partial charge in [-0.25, -0.2) is 13.2 Å². The minimum atomic E-state index is -3.11.